The van der Waals surface area contributed by atoms with Crippen LogP contribution in [0.1, 0.15) is 31.4 Å². The van der Waals surface area contributed by atoms with Crippen molar-refractivity contribution in [2.45, 2.75) is 25.7 Å². The smallest absolute Gasteiger partial charge is 0.163 e. The molecule has 6 heteroatoms. The van der Waals surface area contributed by atoms with Gasteiger partial charge in [0.25, 0.3) is 0 Å². The van der Waals surface area contributed by atoms with Crippen LogP contribution >= 0.6 is 50.1 Å². The van der Waals surface area contributed by atoms with Crippen molar-refractivity contribution >= 4 is 55.9 Å². The Labute approximate surface area is 151 Å². The molecule has 3 rings (SSSR count). The average molecular weight is 479 g/mol. The van der Waals surface area contributed by atoms with Crippen LogP contribution in [0.25, 0.3) is 11.4 Å². The van der Waals surface area contributed by atoms with Gasteiger partial charge in [-0.3, -0.25) is 0 Å². The fourth-order valence-electron chi connectivity index (χ4n) is 2.17. The molecule has 1 heterocycles. The fourth-order valence-corrected chi connectivity index (χ4v) is 3.80. The van der Waals surface area contributed by atoms with Crippen molar-refractivity contribution in [2.24, 2.45) is 0 Å². The van der Waals surface area contributed by atoms with Gasteiger partial charge in [-0.05, 0) is 60.6 Å². The molecule has 3 nitrogen and oxygen atoms in total. The number of halogens is 3. The second-order valence-electron chi connectivity index (χ2n) is 5.02. The third-order valence-electron chi connectivity index (χ3n) is 3.36. The Morgan fingerprint density at radius 2 is 2.14 bits per heavy atom. The summed E-state index contributed by atoms with van der Waals surface area (Å²) in [5, 5.41) is 3.99. The zero-order chi connectivity index (χ0) is 15.0. The van der Waals surface area contributed by atoms with Crippen LogP contribution < -0.4 is 5.32 Å². The number of hydrogen-bond acceptors (Lipinski definition) is 3. The minimum Gasteiger partial charge on any atom is -0.369 e. The van der Waals surface area contributed by atoms with Gasteiger partial charge in [0.15, 0.2) is 5.82 Å². The lowest BCUT2D eigenvalue weighted by Crippen LogP contribution is -2.07. The van der Waals surface area contributed by atoms with Crippen molar-refractivity contribution in [1.29, 1.82) is 0 Å². The first-order valence-corrected chi connectivity index (χ1v) is 9.11. The van der Waals surface area contributed by atoms with Crippen LogP contribution in [-0.2, 0) is 0 Å². The molecule has 2 aromatic rings. The molecule has 0 saturated heterocycles. The van der Waals surface area contributed by atoms with E-state index in [4.69, 9.17) is 16.6 Å². The van der Waals surface area contributed by atoms with Crippen LogP contribution in [0.3, 0.4) is 0 Å². The predicted octanol–water partition coefficient (Wildman–Crippen LogP) is 5.47. The minimum absolute atomic E-state index is 0.574. The summed E-state index contributed by atoms with van der Waals surface area (Å²) in [5.41, 5.74) is 2.02. The van der Waals surface area contributed by atoms with Gasteiger partial charge in [-0.15, -0.1) is 0 Å². The second kappa shape index (κ2) is 6.38. The second-order valence-corrected chi connectivity index (χ2v) is 7.43. The molecule has 0 atom stereocenters. The number of nitrogens with one attached hydrogen (secondary N) is 1. The SMILES string of the molecule is CCNc1nc(-c2ccc(Br)cc2Cl)nc(C2CC2)c1I. The van der Waals surface area contributed by atoms with Crippen LogP contribution in [-0.4, -0.2) is 16.5 Å². The lowest BCUT2D eigenvalue weighted by atomic mass is 10.2. The first kappa shape index (κ1) is 15.5. The van der Waals surface area contributed by atoms with E-state index in [2.05, 4.69) is 55.7 Å². The highest BCUT2D eigenvalue weighted by Crippen LogP contribution is 2.43. The molecule has 1 aliphatic carbocycles. The highest BCUT2D eigenvalue weighted by Gasteiger charge is 2.29. The molecule has 0 radical (unpaired) electrons. The standard InChI is InChI=1S/C15H14BrClIN3/c1-2-19-15-12(18)13(8-3-4-8)20-14(21-15)10-6-5-9(16)7-11(10)17/h5-8H,2-4H2,1H3,(H,19,20,21). The van der Waals surface area contributed by atoms with Gasteiger partial charge >= 0.3 is 0 Å². The Morgan fingerprint density at radius 3 is 2.76 bits per heavy atom. The largest absolute Gasteiger partial charge is 0.369 e. The Morgan fingerprint density at radius 1 is 1.38 bits per heavy atom. The highest BCUT2D eigenvalue weighted by molar-refractivity contribution is 14.1. The van der Waals surface area contributed by atoms with Gasteiger partial charge in [-0.2, -0.15) is 0 Å². The lowest BCUT2D eigenvalue weighted by molar-refractivity contribution is 0.972. The van der Waals surface area contributed by atoms with Gasteiger partial charge in [0.1, 0.15) is 5.82 Å². The van der Waals surface area contributed by atoms with Gasteiger partial charge < -0.3 is 5.32 Å². The topological polar surface area (TPSA) is 37.8 Å². The molecule has 0 unspecified atom stereocenters. The Bertz CT molecular complexity index is 689. The maximum Gasteiger partial charge on any atom is 0.163 e. The Hall–Kier alpha value is -0.400. The van der Waals surface area contributed by atoms with Crippen LogP contribution in [0.2, 0.25) is 5.02 Å². The zero-order valence-corrected chi connectivity index (χ0v) is 16.0. The molecule has 0 bridgehead atoms. The van der Waals surface area contributed by atoms with E-state index in [1.807, 2.05) is 18.2 Å². The van der Waals surface area contributed by atoms with E-state index >= 15 is 0 Å². The summed E-state index contributed by atoms with van der Waals surface area (Å²) < 4.78 is 2.09. The van der Waals surface area contributed by atoms with Crippen molar-refractivity contribution in [1.82, 2.24) is 9.97 Å². The monoisotopic (exact) mass is 477 g/mol. The molecular formula is C15H14BrClIN3. The van der Waals surface area contributed by atoms with Crippen LogP contribution in [0.5, 0.6) is 0 Å². The normalized spacial score (nSPS) is 14.3. The summed E-state index contributed by atoms with van der Waals surface area (Å²) in [6, 6.07) is 5.80. The quantitative estimate of drug-likeness (QED) is 0.592. The molecule has 1 saturated carbocycles. The van der Waals surface area contributed by atoms with Crippen LogP contribution in [0, 0.1) is 3.57 Å². The average Bonchev–Trinajstić information content (AvgIpc) is 3.26. The summed E-state index contributed by atoms with van der Waals surface area (Å²) in [6.45, 7) is 2.91. The summed E-state index contributed by atoms with van der Waals surface area (Å²) in [5.74, 6) is 2.18. The highest BCUT2D eigenvalue weighted by atomic mass is 127. The number of hydrogen-bond donors (Lipinski definition) is 1. The molecule has 21 heavy (non-hydrogen) atoms. The summed E-state index contributed by atoms with van der Waals surface area (Å²) >= 11 is 12.1. The van der Waals surface area contributed by atoms with E-state index in [0.717, 1.165) is 31.7 Å². The fraction of sp³-hybridized carbons (Fsp3) is 0.333. The molecule has 1 aromatic heterocycles. The van der Waals surface area contributed by atoms with E-state index in [-0.39, 0.29) is 0 Å². The van der Waals surface area contributed by atoms with Crippen molar-refractivity contribution in [3.05, 3.63) is 37.0 Å². The van der Waals surface area contributed by atoms with Crippen molar-refractivity contribution in [3.63, 3.8) is 0 Å². The number of anilines is 1. The molecule has 1 N–H and O–H groups in total. The van der Waals surface area contributed by atoms with Gasteiger partial charge in [-0.1, -0.05) is 27.5 Å². The van der Waals surface area contributed by atoms with E-state index < -0.39 is 0 Å². The van der Waals surface area contributed by atoms with E-state index in [0.29, 0.717) is 16.8 Å². The number of aromatic nitrogens is 2. The third kappa shape index (κ3) is 3.35. The van der Waals surface area contributed by atoms with Gasteiger partial charge in [0.2, 0.25) is 0 Å². The summed E-state index contributed by atoms with van der Waals surface area (Å²) in [4.78, 5) is 9.44. The minimum atomic E-state index is 0.574. The van der Waals surface area contributed by atoms with Crippen molar-refractivity contribution < 1.29 is 0 Å². The van der Waals surface area contributed by atoms with E-state index in [1.165, 1.54) is 12.8 Å². The molecule has 1 aliphatic rings. The number of benzene rings is 1. The zero-order valence-electron chi connectivity index (χ0n) is 11.5. The third-order valence-corrected chi connectivity index (χ3v) is 5.23. The van der Waals surface area contributed by atoms with E-state index in [1.54, 1.807) is 0 Å². The van der Waals surface area contributed by atoms with Crippen LogP contribution in [0.4, 0.5) is 5.82 Å². The van der Waals surface area contributed by atoms with Crippen molar-refractivity contribution in [2.75, 3.05) is 11.9 Å². The summed E-state index contributed by atoms with van der Waals surface area (Å²) in [7, 11) is 0. The van der Waals surface area contributed by atoms with Gasteiger partial charge in [0.05, 0.1) is 14.3 Å². The first-order chi connectivity index (χ1) is 10.1. The first-order valence-electron chi connectivity index (χ1n) is 6.87. The number of rotatable bonds is 4. The number of nitrogens with zero attached hydrogens (tertiary/aromatic N) is 2. The van der Waals surface area contributed by atoms with Gasteiger partial charge in [-0.25, -0.2) is 9.97 Å². The Balaban J connectivity index is 2.13. The molecular weight excluding hydrogens is 464 g/mol. The van der Waals surface area contributed by atoms with E-state index in [9.17, 15) is 0 Å². The molecule has 1 fully saturated rings. The van der Waals surface area contributed by atoms with Gasteiger partial charge in [0, 0.05) is 22.5 Å². The van der Waals surface area contributed by atoms with Crippen LogP contribution in [0.15, 0.2) is 22.7 Å². The summed E-state index contributed by atoms with van der Waals surface area (Å²) in [6.07, 6.45) is 2.43. The molecule has 0 spiro atoms. The Kier molecular flexibility index (Phi) is 4.71. The molecule has 0 amide bonds. The lowest BCUT2D eigenvalue weighted by Gasteiger charge is -2.12. The molecule has 1 aromatic carbocycles. The predicted molar refractivity (Wildman–Crippen MR) is 99.0 cm³/mol. The maximum absolute atomic E-state index is 6.35. The molecule has 110 valence electrons. The molecule has 0 aliphatic heterocycles. The maximum atomic E-state index is 6.35. The van der Waals surface area contributed by atoms with Crippen molar-refractivity contribution in [3.8, 4) is 11.4 Å².